The molecule has 0 aromatic rings. The second-order valence-corrected chi connectivity index (χ2v) is 10.8. The maximum absolute atomic E-state index is 11.8. The van der Waals surface area contributed by atoms with Crippen LogP contribution in [0.4, 0.5) is 0 Å². The van der Waals surface area contributed by atoms with Gasteiger partial charge < -0.3 is 29.5 Å². The first-order chi connectivity index (χ1) is 15.9. The minimum Gasteiger partial charge on any atom is -0.756 e. The van der Waals surface area contributed by atoms with E-state index >= 15 is 0 Å². The van der Waals surface area contributed by atoms with Crippen LogP contribution in [0, 0.1) is 11.8 Å². The number of carbonyl (C=O) groups is 1. The van der Waals surface area contributed by atoms with Crippen LogP contribution in [-0.2, 0) is 23.1 Å². The summed E-state index contributed by atoms with van der Waals surface area (Å²) in [6.07, 6.45) is 17.1. The lowest BCUT2D eigenvalue weighted by Gasteiger charge is -2.23. The van der Waals surface area contributed by atoms with Crippen LogP contribution in [-0.4, -0.2) is 43.5 Å². The molecule has 0 aromatic carbocycles. The number of ether oxygens (including phenoxy) is 1. The van der Waals surface area contributed by atoms with E-state index in [0.717, 1.165) is 31.1 Å². The van der Waals surface area contributed by atoms with E-state index in [1.165, 1.54) is 70.6 Å². The molecule has 0 aliphatic heterocycles. The smallest absolute Gasteiger partial charge is 0.305 e. The molecule has 3 unspecified atom stereocenters. The number of phosphoric ester groups is 1. The predicted molar refractivity (Wildman–Crippen MR) is 126 cm³/mol. The number of phosphoric acid groups is 1. The second kappa shape index (κ2) is 18.8. The third kappa shape index (κ3) is 17.6. The standard InChI is InChI=1S/C24H48NO7P/c1-2-3-4-5-7-10-13-21-18-22(21)14-11-8-6-9-12-15-24(27)30-19-23(26)20-32-33(28,29)31-17-16-25/h21-23,26H,2-20,25H2,1H3,(H,28,29)/t21?,22?,23-/m1/s1. The van der Waals surface area contributed by atoms with Crippen molar-refractivity contribution in [2.45, 2.75) is 109 Å². The number of rotatable bonds is 23. The number of esters is 1. The number of aliphatic hydroxyl groups excluding tert-OH is 1. The lowest BCUT2D eigenvalue weighted by Crippen LogP contribution is -2.52. The zero-order chi connectivity index (χ0) is 24.4. The van der Waals surface area contributed by atoms with Crippen LogP contribution in [0.2, 0.25) is 0 Å². The first kappa shape index (κ1) is 30.5. The minimum absolute atomic E-state index is 0.0772. The summed E-state index contributed by atoms with van der Waals surface area (Å²) in [4.78, 5) is 23.1. The zero-order valence-corrected chi connectivity index (χ0v) is 21.6. The van der Waals surface area contributed by atoms with E-state index in [0.29, 0.717) is 6.42 Å². The fourth-order valence-electron chi connectivity index (χ4n) is 4.11. The summed E-state index contributed by atoms with van der Waals surface area (Å²) in [6, 6.07) is 0. The van der Waals surface area contributed by atoms with Gasteiger partial charge in [0.1, 0.15) is 19.3 Å². The molecule has 0 amide bonds. The van der Waals surface area contributed by atoms with Gasteiger partial charge in [-0.3, -0.25) is 9.36 Å². The summed E-state index contributed by atoms with van der Waals surface area (Å²) in [5, 5.41) is 9.69. The third-order valence-corrected chi connectivity index (χ3v) is 7.17. The van der Waals surface area contributed by atoms with Crippen molar-refractivity contribution in [2.24, 2.45) is 11.8 Å². The van der Waals surface area contributed by atoms with Gasteiger partial charge in [-0.25, -0.2) is 0 Å². The summed E-state index contributed by atoms with van der Waals surface area (Å²) >= 11 is 0. The second-order valence-electron chi connectivity index (χ2n) is 9.39. The van der Waals surface area contributed by atoms with E-state index in [9.17, 15) is 19.4 Å². The van der Waals surface area contributed by atoms with Crippen molar-refractivity contribution in [3.8, 4) is 0 Å². The normalized spacial score (nSPS) is 20.4. The molecule has 1 saturated carbocycles. The van der Waals surface area contributed by atoms with E-state index in [-0.39, 0.29) is 25.7 Å². The molecule has 1 aliphatic carbocycles. The molecule has 33 heavy (non-hydrogen) atoms. The van der Waals surface area contributed by atoms with Gasteiger partial charge in [0.25, 0.3) is 7.82 Å². The number of hydrogen-bond donors (Lipinski definition) is 2. The average Bonchev–Trinajstić information content (AvgIpc) is 3.54. The van der Waals surface area contributed by atoms with Crippen LogP contribution in [0.15, 0.2) is 0 Å². The van der Waals surface area contributed by atoms with Gasteiger partial charge in [0.05, 0.1) is 13.2 Å². The van der Waals surface area contributed by atoms with Gasteiger partial charge >= 0.3 is 5.97 Å². The van der Waals surface area contributed by atoms with Gasteiger partial charge in [-0.15, -0.1) is 0 Å². The molecule has 1 rings (SSSR count). The summed E-state index contributed by atoms with van der Waals surface area (Å²) in [5.41, 5.74) is 3.46. The lowest BCUT2D eigenvalue weighted by molar-refractivity contribution is -0.373. The average molecular weight is 494 g/mol. The minimum atomic E-state index is -4.45. The highest BCUT2D eigenvalue weighted by molar-refractivity contribution is 7.45. The molecule has 0 radical (unpaired) electrons. The number of hydrogen-bond acceptors (Lipinski definition) is 7. The molecule has 0 bridgehead atoms. The Morgan fingerprint density at radius 3 is 2.15 bits per heavy atom. The summed E-state index contributed by atoms with van der Waals surface area (Å²) in [5.74, 6) is 1.58. The van der Waals surface area contributed by atoms with Crippen LogP contribution in [0.5, 0.6) is 0 Å². The van der Waals surface area contributed by atoms with E-state index in [4.69, 9.17) is 4.74 Å². The van der Waals surface area contributed by atoms with Gasteiger partial charge in [-0.1, -0.05) is 84.0 Å². The molecule has 0 aromatic heterocycles. The molecule has 1 aliphatic rings. The van der Waals surface area contributed by atoms with Crippen molar-refractivity contribution < 1.29 is 38.9 Å². The fraction of sp³-hybridized carbons (Fsp3) is 0.958. The third-order valence-electron chi connectivity index (χ3n) is 6.21. The Kier molecular flexibility index (Phi) is 17.4. The van der Waals surface area contributed by atoms with Crippen molar-refractivity contribution >= 4 is 13.8 Å². The fourth-order valence-corrected chi connectivity index (χ4v) is 4.89. The van der Waals surface area contributed by atoms with E-state index in [1.54, 1.807) is 0 Å². The lowest BCUT2D eigenvalue weighted by atomic mass is 10.0. The Morgan fingerprint density at radius 1 is 0.970 bits per heavy atom. The molecule has 196 valence electrons. The highest BCUT2D eigenvalue weighted by Crippen LogP contribution is 2.45. The molecule has 8 nitrogen and oxygen atoms in total. The summed E-state index contributed by atoms with van der Waals surface area (Å²) < 4.78 is 25.4. The number of quaternary nitrogens is 1. The Bertz CT molecular complexity index is 549. The van der Waals surface area contributed by atoms with Gasteiger partial charge in [0.2, 0.25) is 0 Å². The topological polar surface area (TPSA) is 133 Å². The number of unbranched alkanes of at least 4 members (excludes halogenated alkanes) is 9. The van der Waals surface area contributed by atoms with Crippen molar-refractivity contribution in [1.29, 1.82) is 0 Å². The van der Waals surface area contributed by atoms with Gasteiger partial charge in [0, 0.05) is 6.42 Å². The maximum Gasteiger partial charge on any atom is 0.305 e. The predicted octanol–water partition coefficient (Wildman–Crippen LogP) is 3.75. The van der Waals surface area contributed by atoms with Crippen LogP contribution in [0.25, 0.3) is 0 Å². The van der Waals surface area contributed by atoms with Crippen LogP contribution < -0.4 is 10.6 Å². The first-order valence-electron chi connectivity index (χ1n) is 13.1. The molecule has 1 fully saturated rings. The molecule has 4 atom stereocenters. The number of aliphatic hydroxyl groups is 1. The molecule has 9 heteroatoms. The summed E-state index contributed by atoms with van der Waals surface area (Å²) in [6.45, 7) is 1.67. The first-order valence-corrected chi connectivity index (χ1v) is 14.6. The molecule has 0 heterocycles. The van der Waals surface area contributed by atoms with Crippen LogP contribution >= 0.6 is 7.82 Å². The van der Waals surface area contributed by atoms with Crippen molar-refractivity contribution in [3.63, 3.8) is 0 Å². The van der Waals surface area contributed by atoms with Crippen molar-refractivity contribution in [3.05, 3.63) is 0 Å². The van der Waals surface area contributed by atoms with Gasteiger partial charge in [-0.2, -0.15) is 0 Å². The Hall–Kier alpha value is -0.500. The van der Waals surface area contributed by atoms with E-state index in [1.807, 2.05) is 0 Å². The Balaban J connectivity index is 1.88. The van der Waals surface area contributed by atoms with E-state index < -0.39 is 20.5 Å². The molecule has 4 N–H and O–H groups in total. The zero-order valence-electron chi connectivity index (χ0n) is 20.7. The maximum atomic E-state index is 11.8. The van der Waals surface area contributed by atoms with Crippen LogP contribution in [0.1, 0.15) is 103 Å². The Morgan fingerprint density at radius 2 is 1.55 bits per heavy atom. The largest absolute Gasteiger partial charge is 0.756 e. The molecule has 0 saturated heterocycles. The Labute approximate surface area is 200 Å². The van der Waals surface area contributed by atoms with Gasteiger partial charge in [0.15, 0.2) is 0 Å². The molecular formula is C24H48NO7P. The van der Waals surface area contributed by atoms with E-state index in [2.05, 4.69) is 21.7 Å². The number of carbonyl (C=O) groups excluding carboxylic acids is 1. The van der Waals surface area contributed by atoms with Crippen molar-refractivity contribution in [1.82, 2.24) is 0 Å². The van der Waals surface area contributed by atoms with Crippen LogP contribution in [0.3, 0.4) is 0 Å². The quantitative estimate of drug-likeness (QED) is 0.126. The monoisotopic (exact) mass is 493 g/mol. The highest BCUT2D eigenvalue weighted by Gasteiger charge is 2.34. The van der Waals surface area contributed by atoms with Gasteiger partial charge in [-0.05, 0) is 24.7 Å². The highest BCUT2D eigenvalue weighted by atomic mass is 31.2. The molecule has 0 spiro atoms. The van der Waals surface area contributed by atoms with Crippen molar-refractivity contribution in [2.75, 3.05) is 26.4 Å². The molecular weight excluding hydrogens is 445 g/mol. The summed E-state index contributed by atoms with van der Waals surface area (Å²) in [7, 11) is -4.45. The SMILES string of the molecule is CCCCCCCCC1CC1CCCCCCCC(=O)OC[C@@H](O)COP(=O)([O-])OCC[NH3+].